The van der Waals surface area contributed by atoms with E-state index in [4.69, 9.17) is 5.73 Å². The van der Waals surface area contributed by atoms with Gasteiger partial charge in [-0.3, -0.25) is 0 Å². The normalized spacial score (nSPS) is 21.6. The molecule has 14 heavy (non-hydrogen) atoms. The van der Waals surface area contributed by atoms with Crippen molar-refractivity contribution in [1.29, 1.82) is 0 Å². The van der Waals surface area contributed by atoms with E-state index in [1.165, 1.54) is 17.7 Å². The van der Waals surface area contributed by atoms with Crippen molar-refractivity contribution < 1.29 is 0 Å². The van der Waals surface area contributed by atoms with Gasteiger partial charge >= 0.3 is 0 Å². The third kappa shape index (κ3) is 1.66. The SMILES string of the molecule is Cc1c(Br)cccc1N1CCCC1N. The summed E-state index contributed by atoms with van der Waals surface area (Å²) in [6.45, 7) is 3.21. The number of anilines is 1. The van der Waals surface area contributed by atoms with Crippen LogP contribution in [0.1, 0.15) is 18.4 Å². The Morgan fingerprint density at radius 2 is 2.29 bits per heavy atom. The first-order chi connectivity index (χ1) is 6.70. The molecule has 1 aliphatic heterocycles. The first kappa shape index (κ1) is 9.99. The van der Waals surface area contributed by atoms with Gasteiger partial charge in [0.05, 0.1) is 6.17 Å². The Bertz CT molecular complexity index is 338. The summed E-state index contributed by atoms with van der Waals surface area (Å²) in [5, 5.41) is 0. The number of hydrogen-bond donors (Lipinski definition) is 1. The van der Waals surface area contributed by atoms with Gasteiger partial charge in [0.1, 0.15) is 0 Å². The van der Waals surface area contributed by atoms with Crippen molar-refractivity contribution in [2.75, 3.05) is 11.4 Å². The van der Waals surface area contributed by atoms with Gasteiger partial charge in [-0.15, -0.1) is 0 Å². The molecule has 1 atom stereocenters. The molecule has 2 nitrogen and oxygen atoms in total. The van der Waals surface area contributed by atoms with Crippen molar-refractivity contribution in [3.63, 3.8) is 0 Å². The summed E-state index contributed by atoms with van der Waals surface area (Å²) in [4.78, 5) is 2.29. The number of hydrogen-bond acceptors (Lipinski definition) is 2. The smallest absolute Gasteiger partial charge is 0.0771 e. The second-order valence-electron chi connectivity index (χ2n) is 3.79. The fourth-order valence-corrected chi connectivity index (χ4v) is 2.35. The van der Waals surface area contributed by atoms with Crippen LogP contribution in [-0.4, -0.2) is 12.7 Å². The first-order valence-electron chi connectivity index (χ1n) is 4.97. The molecule has 2 N–H and O–H groups in total. The second-order valence-corrected chi connectivity index (χ2v) is 4.64. The Labute approximate surface area is 93.2 Å². The predicted molar refractivity (Wildman–Crippen MR) is 63.4 cm³/mol. The summed E-state index contributed by atoms with van der Waals surface area (Å²) in [5.41, 5.74) is 8.59. The highest BCUT2D eigenvalue weighted by Crippen LogP contribution is 2.30. The van der Waals surface area contributed by atoms with Crippen molar-refractivity contribution >= 4 is 21.6 Å². The third-order valence-corrected chi connectivity index (χ3v) is 3.71. The van der Waals surface area contributed by atoms with Gasteiger partial charge in [0.15, 0.2) is 0 Å². The van der Waals surface area contributed by atoms with Gasteiger partial charge in [0, 0.05) is 16.7 Å². The van der Waals surface area contributed by atoms with Crippen LogP contribution < -0.4 is 10.6 Å². The number of rotatable bonds is 1. The molecule has 1 fully saturated rings. The van der Waals surface area contributed by atoms with E-state index in [1.807, 2.05) is 0 Å². The lowest BCUT2D eigenvalue weighted by atomic mass is 10.2. The minimum absolute atomic E-state index is 0.197. The second kappa shape index (κ2) is 3.91. The fourth-order valence-electron chi connectivity index (χ4n) is 2.00. The van der Waals surface area contributed by atoms with Gasteiger partial charge in [-0.25, -0.2) is 0 Å². The number of benzene rings is 1. The maximum Gasteiger partial charge on any atom is 0.0771 e. The Hall–Kier alpha value is -0.540. The van der Waals surface area contributed by atoms with Crippen LogP contribution in [0, 0.1) is 6.92 Å². The minimum Gasteiger partial charge on any atom is -0.356 e. The van der Waals surface area contributed by atoms with Gasteiger partial charge in [-0.2, -0.15) is 0 Å². The van der Waals surface area contributed by atoms with Crippen molar-refractivity contribution in [1.82, 2.24) is 0 Å². The Kier molecular flexibility index (Phi) is 2.79. The predicted octanol–water partition coefficient (Wildman–Crippen LogP) is 2.64. The molecular formula is C11H15BrN2. The molecule has 0 saturated carbocycles. The summed E-state index contributed by atoms with van der Waals surface area (Å²) < 4.78 is 1.16. The summed E-state index contributed by atoms with van der Waals surface area (Å²) >= 11 is 3.55. The molecule has 1 aliphatic rings. The highest BCUT2D eigenvalue weighted by molar-refractivity contribution is 9.10. The van der Waals surface area contributed by atoms with E-state index >= 15 is 0 Å². The van der Waals surface area contributed by atoms with Crippen LogP contribution >= 0.6 is 15.9 Å². The van der Waals surface area contributed by atoms with Crippen molar-refractivity contribution in [2.24, 2.45) is 5.73 Å². The number of nitrogens with zero attached hydrogens (tertiary/aromatic N) is 1. The van der Waals surface area contributed by atoms with Crippen LogP contribution in [0.2, 0.25) is 0 Å². The highest BCUT2D eigenvalue weighted by atomic mass is 79.9. The van der Waals surface area contributed by atoms with Gasteiger partial charge < -0.3 is 10.6 Å². The molecule has 1 unspecified atom stereocenters. The Morgan fingerprint density at radius 3 is 2.93 bits per heavy atom. The zero-order valence-electron chi connectivity index (χ0n) is 8.33. The van der Waals surface area contributed by atoms with E-state index in [9.17, 15) is 0 Å². The van der Waals surface area contributed by atoms with E-state index in [1.54, 1.807) is 0 Å². The van der Waals surface area contributed by atoms with Crippen molar-refractivity contribution in [3.05, 3.63) is 28.2 Å². The number of halogens is 1. The average molecular weight is 255 g/mol. The largest absolute Gasteiger partial charge is 0.356 e. The van der Waals surface area contributed by atoms with Crippen LogP contribution in [0.25, 0.3) is 0 Å². The molecule has 0 aliphatic carbocycles. The molecule has 1 heterocycles. The van der Waals surface area contributed by atoms with Crippen LogP contribution in [0.3, 0.4) is 0 Å². The van der Waals surface area contributed by atoms with E-state index in [2.05, 4.69) is 46.0 Å². The summed E-state index contributed by atoms with van der Waals surface area (Å²) in [6, 6.07) is 6.28. The molecule has 1 saturated heterocycles. The quantitative estimate of drug-likeness (QED) is 0.835. The monoisotopic (exact) mass is 254 g/mol. The third-order valence-electron chi connectivity index (χ3n) is 2.85. The minimum atomic E-state index is 0.197. The lowest BCUT2D eigenvalue weighted by Gasteiger charge is -2.25. The van der Waals surface area contributed by atoms with Crippen molar-refractivity contribution in [2.45, 2.75) is 25.9 Å². The van der Waals surface area contributed by atoms with Gasteiger partial charge in [0.2, 0.25) is 0 Å². The molecule has 0 amide bonds. The molecular weight excluding hydrogens is 240 g/mol. The van der Waals surface area contributed by atoms with E-state index in [-0.39, 0.29) is 6.17 Å². The van der Waals surface area contributed by atoms with Crippen LogP contribution in [-0.2, 0) is 0 Å². The summed E-state index contributed by atoms with van der Waals surface area (Å²) in [7, 11) is 0. The summed E-state index contributed by atoms with van der Waals surface area (Å²) in [6.07, 6.45) is 2.50. The lowest BCUT2D eigenvalue weighted by Crippen LogP contribution is -2.36. The van der Waals surface area contributed by atoms with E-state index in [0.717, 1.165) is 17.4 Å². The van der Waals surface area contributed by atoms with Crippen molar-refractivity contribution in [3.8, 4) is 0 Å². The topological polar surface area (TPSA) is 29.3 Å². The first-order valence-corrected chi connectivity index (χ1v) is 5.77. The van der Waals surface area contributed by atoms with Gasteiger partial charge in [-0.1, -0.05) is 22.0 Å². The molecule has 0 radical (unpaired) electrons. The lowest BCUT2D eigenvalue weighted by molar-refractivity contribution is 0.699. The fraction of sp³-hybridized carbons (Fsp3) is 0.455. The van der Waals surface area contributed by atoms with Crippen LogP contribution in [0.5, 0.6) is 0 Å². The molecule has 1 aromatic rings. The van der Waals surface area contributed by atoms with E-state index in [0.29, 0.717) is 0 Å². The summed E-state index contributed by atoms with van der Waals surface area (Å²) in [5.74, 6) is 0. The van der Waals surface area contributed by atoms with Crippen LogP contribution in [0.15, 0.2) is 22.7 Å². The standard InChI is InChI=1S/C11H15BrN2/c1-8-9(12)4-2-5-10(8)14-7-3-6-11(14)13/h2,4-5,11H,3,6-7,13H2,1H3. The number of nitrogens with two attached hydrogens (primary N) is 1. The molecule has 2 rings (SSSR count). The van der Waals surface area contributed by atoms with Crippen LogP contribution in [0.4, 0.5) is 5.69 Å². The Balaban J connectivity index is 2.36. The van der Waals surface area contributed by atoms with Gasteiger partial charge in [-0.05, 0) is 37.5 Å². The molecule has 76 valence electrons. The maximum absolute atomic E-state index is 6.04. The molecule has 0 spiro atoms. The molecule has 0 bridgehead atoms. The molecule has 0 aromatic heterocycles. The van der Waals surface area contributed by atoms with E-state index < -0.39 is 0 Å². The molecule has 3 heteroatoms. The maximum atomic E-state index is 6.04. The average Bonchev–Trinajstić information content (AvgIpc) is 2.57. The molecule has 1 aromatic carbocycles. The zero-order chi connectivity index (χ0) is 10.1. The Morgan fingerprint density at radius 1 is 1.50 bits per heavy atom. The zero-order valence-corrected chi connectivity index (χ0v) is 9.92. The highest BCUT2D eigenvalue weighted by Gasteiger charge is 2.22. The van der Waals surface area contributed by atoms with Gasteiger partial charge in [0.25, 0.3) is 0 Å².